The van der Waals surface area contributed by atoms with Crippen molar-refractivity contribution in [1.29, 1.82) is 0 Å². The molecule has 1 heterocycles. The van der Waals surface area contributed by atoms with Crippen LogP contribution >= 0.6 is 11.6 Å². The predicted molar refractivity (Wildman–Crippen MR) is 42.3 cm³/mol. The highest BCUT2D eigenvalue weighted by Crippen LogP contribution is 2.11. The van der Waals surface area contributed by atoms with E-state index in [1.54, 1.807) is 0 Å². The Balaban J connectivity index is 2.79. The molecule has 3 nitrogen and oxygen atoms in total. The van der Waals surface area contributed by atoms with Crippen LogP contribution in [0, 0.1) is 5.82 Å². The van der Waals surface area contributed by atoms with Crippen molar-refractivity contribution in [2.75, 3.05) is 0 Å². The minimum atomic E-state index is -0.360. The van der Waals surface area contributed by atoms with E-state index in [2.05, 4.69) is 15.2 Å². The Kier molecular flexibility index (Phi) is 1.62. The van der Waals surface area contributed by atoms with E-state index >= 15 is 0 Å². The number of hydrogen-bond acceptors (Lipinski definition) is 3. The first-order valence-electron chi connectivity index (χ1n) is 3.21. The molecular weight excluding hydrogens is 181 g/mol. The second-order valence-electron chi connectivity index (χ2n) is 2.21. The van der Waals surface area contributed by atoms with Gasteiger partial charge in [0.1, 0.15) is 11.3 Å². The Morgan fingerprint density at radius 1 is 1.17 bits per heavy atom. The Bertz CT molecular complexity index is 391. The van der Waals surface area contributed by atoms with E-state index in [0.717, 1.165) is 0 Å². The maximum atomic E-state index is 12.6. The Hall–Kier alpha value is -1.29. The van der Waals surface area contributed by atoms with Crippen molar-refractivity contribution in [1.82, 2.24) is 15.2 Å². The monoisotopic (exact) mass is 183 g/mol. The summed E-state index contributed by atoms with van der Waals surface area (Å²) in [7, 11) is 0. The second kappa shape index (κ2) is 2.64. The lowest BCUT2D eigenvalue weighted by Crippen LogP contribution is -1.89. The summed E-state index contributed by atoms with van der Waals surface area (Å²) in [6.45, 7) is 0. The third-order valence-corrected chi connectivity index (χ3v) is 1.55. The van der Waals surface area contributed by atoms with E-state index in [0.29, 0.717) is 11.0 Å². The molecule has 0 saturated carbocycles. The van der Waals surface area contributed by atoms with Crippen LogP contribution in [0.5, 0.6) is 0 Å². The number of fused-ring (bicyclic) bond motifs is 1. The molecule has 60 valence electrons. The predicted octanol–water partition coefficient (Wildman–Crippen LogP) is 1.82. The molecule has 0 aliphatic rings. The third kappa shape index (κ3) is 1.21. The smallest absolute Gasteiger partial charge is 0.215 e. The summed E-state index contributed by atoms with van der Waals surface area (Å²) in [5, 5.41) is 7.21. The molecule has 0 fully saturated rings. The minimum Gasteiger partial charge on any atom is -0.215 e. The molecule has 0 amide bonds. The molecule has 1 aromatic carbocycles. The van der Waals surface area contributed by atoms with E-state index in [9.17, 15) is 4.39 Å². The number of benzene rings is 1. The number of hydrogen-bond donors (Lipinski definition) is 0. The maximum absolute atomic E-state index is 12.6. The maximum Gasteiger partial charge on any atom is 0.243 e. The van der Waals surface area contributed by atoms with Crippen LogP contribution in [0.25, 0.3) is 11.0 Å². The van der Waals surface area contributed by atoms with E-state index in [-0.39, 0.29) is 11.1 Å². The fraction of sp³-hybridized carbons (Fsp3) is 0. The summed E-state index contributed by atoms with van der Waals surface area (Å²) in [6, 6.07) is 4.06. The molecule has 12 heavy (non-hydrogen) atoms. The molecule has 2 aromatic rings. The minimum absolute atomic E-state index is 0.0640. The number of rotatable bonds is 0. The van der Waals surface area contributed by atoms with Crippen molar-refractivity contribution in [2.24, 2.45) is 0 Å². The van der Waals surface area contributed by atoms with Gasteiger partial charge in [0, 0.05) is 6.07 Å². The third-order valence-electron chi connectivity index (χ3n) is 1.39. The van der Waals surface area contributed by atoms with Gasteiger partial charge >= 0.3 is 0 Å². The molecular formula is C7H3ClFN3. The molecule has 0 spiro atoms. The average molecular weight is 184 g/mol. The highest BCUT2D eigenvalue weighted by Gasteiger charge is 1.99. The summed E-state index contributed by atoms with van der Waals surface area (Å²) in [5.74, 6) is -0.360. The van der Waals surface area contributed by atoms with Crippen LogP contribution in [0.4, 0.5) is 4.39 Å². The van der Waals surface area contributed by atoms with E-state index in [4.69, 9.17) is 11.6 Å². The zero-order valence-corrected chi connectivity index (χ0v) is 6.59. The SMILES string of the molecule is Fc1ccc2nc(Cl)nnc2c1. The van der Waals surface area contributed by atoms with Crippen LogP contribution in [-0.4, -0.2) is 15.2 Å². The zero-order valence-electron chi connectivity index (χ0n) is 5.83. The summed E-state index contributed by atoms with van der Waals surface area (Å²) >= 11 is 5.48. The average Bonchev–Trinajstić information content (AvgIpc) is 2.05. The van der Waals surface area contributed by atoms with Crippen LogP contribution in [0.1, 0.15) is 0 Å². The first kappa shape index (κ1) is 7.36. The lowest BCUT2D eigenvalue weighted by Gasteiger charge is -1.94. The van der Waals surface area contributed by atoms with Gasteiger partial charge in [-0.05, 0) is 23.7 Å². The van der Waals surface area contributed by atoms with Crippen LogP contribution in [0.3, 0.4) is 0 Å². The topological polar surface area (TPSA) is 38.7 Å². The van der Waals surface area contributed by atoms with Gasteiger partial charge < -0.3 is 0 Å². The van der Waals surface area contributed by atoms with Crippen molar-refractivity contribution in [3.05, 3.63) is 29.3 Å². The molecule has 1 aromatic heterocycles. The molecule has 5 heteroatoms. The van der Waals surface area contributed by atoms with E-state index in [1.165, 1.54) is 18.2 Å². The highest BCUT2D eigenvalue weighted by molar-refractivity contribution is 6.28. The molecule has 0 saturated heterocycles. The van der Waals surface area contributed by atoms with Crippen molar-refractivity contribution in [3.8, 4) is 0 Å². The lowest BCUT2D eigenvalue weighted by atomic mass is 10.3. The standard InChI is InChI=1S/C7H3ClFN3/c8-7-10-5-2-1-4(9)3-6(5)11-12-7/h1-3H. The van der Waals surface area contributed by atoms with Gasteiger partial charge in [0.05, 0.1) is 5.52 Å². The quantitative estimate of drug-likeness (QED) is 0.625. The van der Waals surface area contributed by atoms with Crippen molar-refractivity contribution >= 4 is 22.6 Å². The molecule has 0 unspecified atom stereocenters. The molecule has 0 atom stereocenters. The van der Waals surface area contributed by atoms with Crippen LogP contribution < -0.4 is 0 Å². The van der Waals surface area contributed by atoms with Crippen molar-refractivity contribution in [3.63, 3.8) is 0 Å². The summed E-state index contributed by atoms with van der Waals surface area (Å²) < 4.78 is 12.6. The fourth-order valence-corrected chi connectivity index (χ4v) is 1.02. The summed E-state index contributed by atoms with van der Waals surface area (Å²) in [6.07, 6.45) is 0. The highest BCUT2D eigenvalue weighted by atomic mass is 35.5. The second-order valence-corrected chi connectivity index (χ2v) is 2.55. The van der Waals surface area contributed by atoms with Crippen LogP contribution in [0.15, 0.2) is 18.2 Å². The Labute approximate surface area is 72.2 Å². The number of nitrogens with zero attached hydrogens (tertiary/aromatic N) is 3. The normalized spacial score (nSPS) is 10.5. The van der Waals surface area contributed by atoms with Gasteiger partial charge in [-0.1, -0.05) is 0 Å². The molecule has 0 aliphatic heterocycles. The zero-order chi connectivity index (χ0) is 8.55. The molecule has 2 rings (SSSR count). The summed E-state index contributed by atoms with van der Waals surface area (Å²) in [5.41, 5.74) is 0.941. The van der Waals surface area contributed by atoms with Gasteiger partial charge in [0.25, 0.3) is 0 Å². The van der Waals surface area contributed by atoms with Crippen LogP contribution in [0.2, 0.25) is 5.28 Å². The van der Waals surface area contributed by atoms with Gasteiger partial charge in [0.15, 0.2) is 0 Å². The molecule has 0 bridgehead atoms. The number of halogens is 2. The van der Waals surface area contributed by atoms with Crippen molar-refractivity contribution in [2.45, 2.75) is 0 Å². The Morgan fingerprint density at radius 2 is 2.00 bits per heavy atom. The molecule has 0 aliphatic carbocycles. The lowest BCUT2D eigenvalue weighted by molar-refractivity contribution is 0.629. The molecule has 0 radical (unpaired) electrons. The first-order valence-corrected chi connectivity index (χ1v) is 3.59. The van der Waals surface area contributed by atoms with Crippen LogP contribution in [-0.2, 0) is 0 Å². The number of aromatic nitrogens is 3. The fourth-order valence-electron chi connectivity index (χ4n) is 0.888. The van der Waals surface area contributed by atoms with E-state index < -0.39 is 0 Å². The van der Waals surface area contributed by atoms with Gasteiger partial charge in [-0.25, -0.2) is 9.37 Å². The van der Waals surface area contributed by atoms with Crippen molar-refractivity contribution < 1.29 is 4.39 Å². The Morgan fingerprint density at radius 3 is 2.83 bits per heavy atom. The summed E-state index contributed by atoms with van der Waals surface area (Å²) in [4.78, 5) is 3.84. The molecule has 0 N–H and O–H groups in total. The van der Waals surface area contributed by atoms with Gasteiger partial charge in [-0.2, -0.15) is 0 Å². The van der Waals surface area contributed by atoms with Gasteiger partial charge in [0.2, 0.25) is 5.28 Å². The first-order chi connectivity index (χ1) is 5.75. The largest absolute Gasteiger partial charge is 0.243 e. The van der Waals surface area contributed by atoms with Gasteiger partial charge in [-0.3, -0.25) is 0 Å². The van der Waals surface area contributed by atoms with Gasteiger partial charge in [-0.15, -0.1) is 10.2 Å². The van der Waals surface area contributed by atoms with E-state index in [1.807, 2.05) is 0 Å².